The minimum absolute atomic E-state index is 0.273. The summed E-state index contributed by atoms with van der Waals surface area (Å²) in [5.41, 5.74) is 3.01. The van der Waals surface area contributed by atoms with Crippen molar-refractivity contribution in [2.45, 2.75) is 36.5 Å². The van der Waals surface area contributed by atoms with Crippen LogP contribution < -0.4 is 0 Å². The van der Waals surface area contributed by atoms with Gasteiger partial charge in [-0.05, 0) is 36.5 Å². The van der Waals surface area contributed by atoms with E-state index in [2.05, 4.69) is 13.8 Å². The SMILES string of the molecule is CCCSc1c(SCCC)c2c(C(=O)OC)c(C(=O)OC)c3cccc1n32. The van der Waals surface area contributed by atoms with Crippen LogP contribution in [0.4, 0.5) is 0 Å². The number of carbonyl (C=O) groups excluding carboxylic acids is 2. The maximum atomic E-state index is 12.7. The zero-order valence-electron chi connectivity index (χ0n) is 16.0. The van der Waals surface area contributed by atoms with Crippen molar-refractivity contribution in [3.63, 3.8) is 0 Å². The summed E-state index contributed by atoms with van der Waals surface area (Å²) in [5.74, 6) is 0.877. The molecule has 5 nitrogen and oxygen atoms in total. The highest BCUT2D eigenvalue weighted by molar-refractivity contribution is 8.02. The molecule has 0 saturated heterocycles. The summed E-state index contributed by atoms with van der Waals surface area (Å²) in [5, 5.41) is 0. The molecule has 0 N–H and O–H groups in total. The van der Waals surface area contributed by atoms with Gasteiger partial charge in [0.1, 0.15) is 11.1 Å². The third-order valence-corrected chi connectivity index (χ3v) is 7.03. The number of esters is 2. The van der Waals surface area contributed by atoms with Gasteiger partial charge in [-0.3, -0.25) is 0 Å². The third-order valence-electron chi connectivity index (χ3n) is 4.29. The van der Waals surface area contributed by atoms with E-state index in [0.717, 1.165) is 45.2 Å². The number of rotatable bonds is 8. The number of thioether (sulfide) groups is 2. The molecule has 7 heteroatoms. The second kappa shape index (κ2) is 8.44. The normalized spacial score (nSPS) is 11.4. The van der Waals surface area contributed by atoms with Gasteiger partial charge in [-0.2, -0.15) is 0 Å². The summed E-state index contributed by atoms with van der Waals surface area (Å²) in [6, 6.07) is 5.80. The van der Waals surface area contributed by atoms with E-state index in [1.54, 1.807) is 23.5 Å². The van der Waals surface area contributed by atoms with Gasteiger partial charge in [-0.15, -0.1) is 23.5 Å². The molecule has 3 aromatic heterocycles. The number of aromatic nitrogens is 1. The second-order valence-corrected chi connectivity index (χ2v) is 8.28. The zero-order chi connectivity index (χ0) is 19.6. The quantitative estimate of drug-likeness (QED) is 0.383. The number of methoxy groups -OCH3 is 2. The predicted octanol–water partition coefficient (Wildman–Crippen LogP) is 5.11. The Morgan fingerprint density at radius 2 is 1.44 bits per heavy atom. The lowest BCUT2D eigenvalue weighted by Gasteiger charge is -2.07. The number of hydrogen-bond acceptors (Lipinski definition) is 6. The molecule has 0 aromatic carbocycles. The fraction of sp³-hybridized carbons (Fsp3) is 0.400. The Balaban J connectivity index is 2.43. The van der Waals surface area contributed by atoms with Gasteiger partial charge in [0.25, 0.3) is 0 Å². The van der Waals surface area contributed by atoms with E-state index in [1.807, 2.05) is 22.6 Å². The van der Waals surface area contributed by atoms with E-state index in [4.69, 9.17) is 9.47 Å². The van der Waals surface area contributed by atoms with Gasteiger partial charge in [-0.1, -0.05) is 19.9 Å². The lowest BCUT2D eigenvalue weighted by molar-refractivity contribution is 0.0559. The van der Waals surface area contributed by atoms with Crippen LogP contribution >= 0.6 is 23.5 Å². The Hall–Kier alpha value is -1.86. The highest BCUT2D eigenvalue weighted by atomic mass is 32.2. The Morgan fingerprint density at radius 1 is 0.889 bits per heavy atom. The van der Waals surface area contributed by atoms with E-state index >= 15 is 0 Å². The molecular formula is C20H23NO4S2. The standard InChI is InChI=1S/C20H23NO4S2/c1-5-10-26-17-13-9-7-8-12-14(19(22)24-3)15(20(23)25-4)16(21(12)13)18(17)27-11-6-2/h7-9H,5-6,10-11H2,1-4H3. The van der Waals surface area contributed by atoms with Crippen molar-refractivity contribution in [1.82, 2.24) is 4.40 Å². The highest BCUT2D eigenvalue weighted by Gasteiger charge is 2.32. The van der Waals surface area contributed by atoms with Gasteiger partial charge in [0.15, 0.2) is 0 Å². The van der Waals surface area contributed by atoms with Crippen LogP contribution in [-0.2, 0) is 9.47 Å². The van der Waals surface area contributed by atoms with E-state index in [9.17, 15) is 9.59 Å². The van der Waals surface area contributed by atoms with Crippen molar-refractivity contribution in [3.05, 3.63) is 29.3 Å². The topological polar surface area (TPSA) is 57.0 Å². The lowest BCUT2D eigenvalue weighted by Crippen LogP contribution is -2.10. The molecule has 3 aromatic rings. The van der Waals surface area contributed by atoms with Gasteiger partial charge >= 0.3 is 11.9 Å². The Bertz CT molecular complexity index is 979. The first-order valence-corrected chi connectivity index (χ1v) is 10.9. The summed E-state index contributed by atoms with van der Waals surface area (Å²) < 4.78 is 12.0. The molecule has 0 radical (unpaired) electrons. The first-order valence-electron chi connectivity index (χ1n) is 8.95. The van der Waals surface area contributed by atoms with Crippen LogP contribution in [0.3, 0.4) is 0 Å². The molecular weight excluding hydrogens is 382 g/mol. The molecule has 3 rings (SSSR count). The van der Waals surface area contributed by atoms with E-state index in [1.165, 1.54) is 14.2 Å². The molecule has 0 bridgehead atoms. The molecule has 0 amide bonds. The van der Waals surface area contributed by atoms with Gasteiger partial charge in [0.05, 0.1) is 30.8 Å². The summed E-state index contributed by atoms with van der Waals surface area (Å²) in [7, 11) is 2.66. The molecule has 0 aliphatic rings. The predicted molar refractivity (Wildman–Crippen MR) is 111 cm³/mol. The van der Waals surface area contributed by atoms with E-state index in [0.29, 0.717) is 11.1 Å². The molecule has 0 atom stereocenters. The molecule has 0 spiro atoms. The summed E-state index contributed by atoms with van der Waals surface area (Å²) in [4.78, 5) is 27.4. The van der Waals surface area contributed by atoms with Crippen molar-refractivity contribution < 1.29 is 19.1 Å². The smallest absolute Gasteiger partial charge is 0.341 e. The Kier molecular flexibility index (Phi) is 6.22. The second-order valence-electron chi connectivity index (χ2n) is 6.07. The van der Waals surface area contributed by atoms with Crippen LogP contribution in [-0.4, -0.2) is 42.1 Å². The van der Waals surface area contributed by atoms with Crippen LogP contribution in [0.15, 0.2) is 28.0 Å². The number of hydrogen-bond donors (Lipinski definition) is 0. The fourth-order valence-electron chi connectivity index (χ4n) is 3.21. The highest BCUT2D eigenvalue weighted by Crippen LogP contribution is 2.45. The van der Waals surface area contributed by atoms with Crippen LogP contribution in [0.1, 0.15) is 47.4 Å². The monoisotopic (exact) mass is 405 g/mol. The molecule has 27 heavy (non-hydrogen) atoms. The maximum absolute atomic E-state index is 12.7. The first-order chi connectivity index (χ1) is 13.1. The molecule has 0 aliphatic carbocycles. The van der Waals surface area contributed by atoms with Crippen molar-refractivity contribution in [3.8, 4) is 0 Å². The largest absolute Gasteiger partial charge is 0.465 e. The third kappa shape index (κ3) is 3.27. The van der Waals surface area contributed by atoms with Gasteiger partial charge in [-0.25, -0.2) is 9.59 Å². The Labute approximate surface area is 167 Å². The number of carbonyl (C=O) groups is 2. The van der Waals surface area contributed by atoms with Crippen molar-refractivity contribution in [2.24, 2.45) is 0 Å². The molecule has 0 aliphatic heterocycles. The summed E-state index contributed by atoms with van der Waals surface area (Å²) >= 11 is 3.52. The van der Waals surface area contributed by atoms with E-state index < -0.39 is 11.9 Å². The van der Waals surface area contributed by atoms with Crippen LogP contribution in [0.25, 0.3) is 16.6 Å². The first kappa shape index (κ1) is 19.9. The average Bonchev–Trinajstić information content (AvgIpc) is 3.20. The minimum Gasteiger partial charge on any atom is -0.465 e. The lowest BCUT2D eigenvalue weighted by atomic mass is 10.1. The van der Waals surface area contributed by atoms with Gasteiger partial charge < -0.3 is 13.9 Å². The number of ether oxygens (including phenoxy) is 2. The van der Waals surface area contributed by atoms with Crippen LogP contribution in [0.5, 0.6) is 0 Å². The Morgan fingerprint density at radius 3 is 2.04 bits per heavy atom. The van der Waals surface area contributed by atoms with Gasteiger partial charge in [0.2, 0.25) is 0 Å². The van der Waals surface area contributed by atoms with Crippen molar-refractivity contribution in [2.75, 3.05) is 25.7 Å². The van der Waals surface area contributed by atoms with Crippen molar-refractivity contribution in [1.29, 1.82) is 0 Å². The molecule has 3 heterocycles. The van der Waals surface area contributed by atoms with Crippen LogP contribution in [0.2, 0.25) is 0 Å². The number of nitrogens with zero attached hydrogens (tertiary/aromatic N) is 1. The maximum Gasteiger partial charge on any atom is 0.341 e. The fourth-order valence-corrected chi connectivity index (χ4v) is 5.48. The zero-order valence-corrected chi connectivity index (χ0v) is 17.6. The summed E-state index contributed by atoms with van der Waals surface area (Å²) in [6.45, 7) is 4.28. The molecule has 0 unspecified atom stereocenters. The average molecular weight is 406 g/mol. The van der Waals surface area contributed by atoms with Crippen molar-refractivity contribution >= 4 is 52.0 Å². The minimum atomic E-state index is -0.527. The molecule has 0 saturated carbocycles. The van der Waals surface area contributed by atoms with Crippen LogP contribution in [0, 0.1) is 0 Å². The number of pyridine rings is 1. The molecule has 144 valence electrons. The summed E-state index contributed by atoms with van der Waals surface area (Å²) in [6.07, 6.45) is 2.07. The van der Waals surface area contributed by atoms with E-state index in [-0.39, 0.29) is 5.56 Å². The van der Waals surface area contributed by atoms with Gasteiger partial charge in [0, 0.05) is 9.79 Å². The molecule has 0 fully saturated rings.